The molecular formula is C13H16FN3O. The smallest absolute Gasteiger partial charge is 0.191 e. The van der Waals surface area contributed by atoms with Gasteiger partial charge in [0, 0.05) is 25.0 Å². The van der Waals surface area contributed by atoms with Crippen molar-refractivity contribution in [2.45, 2.75) is 13.5 Å². The molecule has 2 N–H and O–H groups in total. The lowest BCUT2D eigenvalue weighted by Crippen LogP contribution is -2.30. The SMILES string of the molecule is Cc1c(CN=C(N)N(C)C)oc2ccc(F)cc12. The van der Waals surface area contributed by atoms with E-state index < -0.39 is 0 Å². The highest BCUT2D eigenvalue weighted by Crippen LogP contribution is 2.26. The van der Waals surface area contributed by atoms with Crippen molar-refractivity contribution in [3.63, 3.8) is 0 Å². The fourth-order valence-corrected chi connectivity index (χ4v) is 1.69. The molecule has 0 bridgehead atoms. The van der Waals surface area contributed by atoms with Crippen LogP contribution in [-0.4, -0.2) is 25.0 Å². The molecule has 0 radical (unpaired) electrons. The molecule has 0 atom stereocenters. The van der Waals surface area contributed by atoms with Gasteiger partial charge in [-0.25, -0.2) is 9.38 Å². The lowest BCUT2D eigenvalue weighted by Gasteiger charge is -2.09. The molecule has 0 aliphatic carbocycles. The van der Waals surface area contributed by atoms with Crippen LogP contribution in [0.3, 0.4) is 0 Å². The van der Waals surface area contributed by atoms with Crippen LogP contribution in [0.5, 0.6) is 0 Å². The highest BCUT2D eigenvalue weighted by Gasteiger charge is 2.10. The molecule has 2 aromatic rings. The second-order valence-electron chi connectivity index (χ2n) is 4.36. The van der Waals surface area contributed by atoms with E-state index >= 15 is 0 Å². The lowest BCUT2D eigenvalue weighted by atomic mass is 10.1. The second kappa shape index (κ2) is 4.68. The van der Waals surface area contributed by atoms with Gasteiger partial charge < -0.3 is 15.1 Å². The Hall–Kier alpha value is -2.04. The van der Waals surface area contributed by atoms with Crippen molar-refractivity contribution >= 4 is 16.9 Å². The van der Waals surface area contributed by atoms with Crippen molar-refractivity contribution in [3.8, 4) is 0 Å². The van der Waals surface area contributed by atoms with Gasteiger partial charge in [0.15, 0.2) is 5.96 Å². The van der Waals surface area contributed by atoms with Crippen LogP contribution in [0.25, 0.3) is 11.0 Å². The highest BCUT2D eigenvalue weighted by atomic mass is 19.1. The second-order valence-corrected chi connectivity index (χ2v) is 4.36. The number of furan rings is 1. The summed E-state index contributed by atoms with van der Waals surface area (Å²) in [6.45, 7) is 2.24. The molecule has 0 fully saturated rings. The van der Waals surface area contributed by atoms with Crippen LogP contribution in [0.4, 0.5) is 4.39 Å². The van der Waals surface area contributed by atoms with Gasteiger partial charge in [0.1, 0.15) is 23.7 Å². The lowest BCUT2D eigenvalue weighted by molar-refractivity contribution is 0.542. The van der Waals surface area contributed by atoms with E-state index in [0.29, 0.717) is 23.8 Å². The predicted molar refractivity (Wildman–Crippen MR) is 69.9 cm³/mol. The van der Waals surface area contributed by atoms with E-state index in [9.17, 15) is 4.39 Å². The van der Waals surface area contributed by atoms with E-state index in [0.717, 1.165) is 10.9 Å². The minimum absolute atomic E-state index is 0.269. The average molecular weight is 249 g/mol. The first-order valence-corrected chi connectivity index (χ1v) is 5.64. The Morgan fingerprint density at radius 2 is 2.17 bits per heavy atom. The fourth-order valence-electron chi connectivity index (χ4n) is 1.69. The maximum atomic E-state index is 13.1. The molecule has 4 nitrogen and oxygen atoms in total. The summed E-state index contributed by atoms with van der Waals surface area (Å²) in [6, 6.07) is 4.48. The number of hydrogen-bond donors (Lipinski definition) is 1. The molecule has 0 aliphatic rings. The zero-order chi connectivity index (χ0) is 13.3. The Bertz CT molecular complexity index is 602. The van der Waals surface area contributed by atoms with E-state index in [-0.39, 0.29) is 5.82 Å². The highest BCUT2D eigenvalue weighted by molar-refractivity contribution is 5.82. The molecule has 0 saturated carbocycles. The van der Waals surface area contributed by atoms with Crippen LogP contribution in [-0.2, 0) is 6.54 Å². The average Bonchev–Trinajstić information content (AvgIpc) is 2.63. The van der Waals surface area contributed by atoms with Crippen molar-refractivity contribution in [3.05, 3.63) is 35.3 Å². The van der Waals surface area contributed by atoms with E-state index in [2.05, 4.69) is 4.99 Å². The number of rotatable bonds is 2. The van der Waals surface area contributed by atoms with Crippen molar-refractivity contribution < 1.29 is 8.81 Å². The molecule has 1 heterocycles. The molecule has 18 heavy (non-hydrogen) atoms. The number of guanidine groups is 1. The van der Waals surface area contributed by atoms with Gasteiger partial charge in [-0.1, -0.05) is 0 Å². The number of nitrogens with two attached hydrogens (primary N) is 1. The molecule has 0 amide bonds. The molecule has 1 aromatic carbocycles. The quantitative estimate of drug-likeness (QED) is 0.656. The van der Waals surface area contributed by atoms with Gasteiger partial charge in [0.25, 0.3) is 0 Å². The van der Waals surface area contributed by atoms with Crippen LogP contribution in [0.2, 0.25) is 0 Å². The van der Waals surface area contributed by atoms with E-state index in [1.807, 2.05) is 21.0 Å². The zero-order valence-corrected chi connectivity index (χ0v) is 10.7. The van der Waals surface area contributed by atoms with E-state index in [4.69, 9.17) is 10.2 Å². The standard InChI is InChI=1S/C13H16FN3O/c1-8-10-6-9(14)4-5-11(10)18-12(8)7-16-13(15)17(2)3/h4-6H,7H2,1-3H3,(H2,15,16). The molecule has 2 rings (SSSR count). The minimum atomic E-state index is -0.269. The topological polar surface area (TPSA) is 54.8 Å². The van der Waals surface area contributed by atoms with Crippen LogP contribution >= 0.6 is 0 Å². The summed E-state index contributed by atoms with van der Waals surface area (Å²) in [5, 5.41) is 0.781. The number of aliphatic imine (C=N–C) groups is 1. The molecule has 0 saturated heterocycles. The van der Waals surface area contributed by atoms with Crippen molar-refractivity contribution in [1.82, 2.24) is 4.90 Å². The summed E-state index contributed by atoms with van der Waals surface area (Å²) in [5.74, 6) is 0.871. The maximum Gasteiger partial charge on any atom is 0.191 e. The first kappa shape index (κ1) is 12.4. The van der Waals surface area contributed by atoms with Crippen molar-refractivity contribution in [2.24, 2.45) is 10.7 Å². The van der Waals surface area contributed by atoms with Gasteiger partial charge in [0.2, 0.25) is 0 Å². The van der Waals surface area contributed by atoms with Crippen LogP contribution in [0.1, 0.15) is 11.3 Å². The number of halogens is 1. The van der Waals surface area contributed by atoms with Gasteiger partial charge in [-0.15, -0.1) is 0 Å². The first-order valence-electron chi connectivity index (χ1n) is 5.64. The molecule has 0 spiro atoms. The van der Waals surface area contributed by atoms with Crippen LogP contribution in [0, 0.1) is 12.7 Å². The van der Waals surface area contributed by atoms with E-state index in [1.165, 1.54) is 12.1 Å². The Morgan fingerprint density at radius 3 is 2.83 bits per heavy atom. The van der Waals surface area contributed by atoms with Gasteiger partial charge in [-0.2, -0.15) is 0 Å². The summed E-state index contributed by atoms with van der Waals surface area (Å²) >= 11 is 0. The Morgan fingerprint density at radius 1 is 1.44 bits per heavy atom. The zero-order valence-electron chi connectivity index (χ0n) is 10.7. The first-order chi connectivity index (χ1) is 8.49. The maximum absolute atomic E-state index is 13.1. The number of fused-ring (bicyclic) bond motifs is 1. The Balaban J connectivity index is 2.35. The van der Waals surface area contributed by atoms with Gasteiger partial charge >= 0.3 is 0 Å². The number of aryl methyl sites for hydroxylation is 1. The number of benzene rings is 1. The monoisotopic (exact) mass is 249 g/mol. The molecule has 0 aliphatic heterocycles. The minimum Gasteiger partial charge on any atom is -0.459 e. The van der Waals surface area contributed by atoms with Crippen molar-refractivity contribution in [1.29, 1.82) is 0 Å². The fraction of sp³-hybridized carbons (Fsp3) is 0.308. The predicted octanol–water partition coefficient (Wildman–Crippen LogP) is 2.26. The van der Waals surface area contributed by atoms with Crippen molar-refractivity contribution in [2.75, 3.05) is 14.1 Å². The number of hydrogen-bond acceptors (Lipinski definition) is 2. The third-order valence-corrected chi connectivity index (χ3v) is 2.84. The van der Waals surface area contributed by atoms with Gasteiger partial charge in [-0.05, 0) is 25.1 Å². The molecule has 0 unspecified atom stereocenters. The third-order valence-electron chi connectivity index (χ3n) is 2.84. The molecular weight excluding hydrogens is 233 g/mol. The summed E-state index contributed by atoms with van der Waals surface area (Å²) in [6.07, 6.45) is 0. The Labute approximate surface area is 105 Å². The largest absolute Gasteiger partial charge is 0.459 e. The van der Waals surface area contributed by atoms with Crippen LogP contribution in [0.15, 0.2) is 27.6 Å². The van der Waals surface area contributed by atoms with Gasteiger partial charge in [-0.3, -0.25) is 0 Å². The molecule has 5 heteroatoms. The summed E-state index contributed by atoms with van der Waals surface area (Å²) < 4.78 is 18.8. The summed E-state index contributed by atoms with van der Waals surface area (Å²) in [5.41, 5.74) is 7.28. The summed E-state index contributed by atoms with van der Waals surface area (Å²) in [7, 11) is 3.64. The molecule has 96 valence electrons. The Kier molecular flexibility index (Phi) is 3.23. The van der Waals surface area contributed by atoms with Crippen LogP contribution < -0.4 is 5.73 Å². The van der Waals surface area contributed by atoms with Gasteiger partial charge in [0.05, 0.1) is 0 Å². The molecule has 1 aromatic heterocycles. The summed E-state index contributed by atoms with van der Waals surface area (Å²) in [4.78, 5) is 5.93. The van der Waals surface area contributed by atoms with E-state index in [1.54, 1.807) is 11.0 Å². The number of nitrogens with zero attached hydrogens (tertiary/aromatic N) is 2. The third kappa shape index (κ3) is 2.30. The normalized spacial score (nSPS) is 12.1.